The number of phenols is 1. The third-order valence-electron chi connectivity index (χ3n) is 11.0. The number of hydrogen-bond donors (Lipinski definition) is 1. The molecule has 0 aliphatic carbocycles. The number of aryl methyl sites for hydroxylation is 3. The molecule has 0 bridgehead atoms. The van der Waals surface area contributed by atoms with Gasteiger partial charge in [0.15, 0.2) is 0 Å². The summed E-state index contributed by atoms with van der Waals surface area (Å²) < 4.78 is 21.9. The molecule has 49 heavy (non-hydrogen) atoms. The van der Waals surface area contributed by atoms with Crippen molar-refractivity contribution in [1.29, 1.82) is 0 Å². The molecule has 0 amide bonds. The van der Waals surface area contributed by atoms with Gasteiger partial charge in [0, 0.05) is 16.7 Å². The fraction of sp³-hybridized carbons (Fsp3) is 0.467. The lowest BCUT2D eigenvalue weighted by Crippen LogP contribution is -2.44. The van der Waals surface area contributed by atoms with Crippen LogP contribution in [0.4, 0.5) is 0 Å². The van der Waals surface area contributed by atoms with Crippen molar-refractivity contribution < 1.29 is 19.3 Å². The average molecular weight is 665 g/mol. The first-order valence-corrected chi connectivity index (χ1v) is 18.9. The Hall–Kier alpha value is -3.92. The van der Waals surface area contributed by atoms with E-state index in [-0.39, 0.29) is 5.75 Å². The molecular weight excluding hydrogens is 604 g/mol. The first-order valence-electron chi connectivity index (χ1n) is 18.9. The molecule has 0 aromatic heterocycles. The minimum Gasteiger partial charge on any atom is -0.508 e. The maximum atomic E-state index is 12.2. The zero-order chi connectivity index (χ0) is 35.7. The Morgan fingerprint density at radius 1 is 0.408 bits per heavy atom. The third-order valence-corrected chi connectivity index (χ3v) is 11.0. The van der Waals surface area contributed by atoms with Crippen LogP contribution < -0.4 is 14.2 Å². The van der Waals surface area contributed by atoms with Gasteiger partial charge in [-0.1, -0.05) is 123 Å². The second kappa shape index (κ2) is 16.7. The van der Waals surface area contributed by atoms with E-state index in [1.54, 1.807) is 0 Å². The first kappa shape index (κ1) is 37.9. The Morgan fingerprint density at radius 2 is 0.735 bits per heavy atom. The van der Waals surface area contributed by atoms with Crippen LogP contribution in [0.3, 0.4) is 0 Å². The lowest BCUT2D eigenvalue weighted by molar-refractivity contribution is 0.0162. The molecule has 1 N–H and O–H groups in total. The maximum absolute atomic E-state index is 12.2. The summed E-state index contributed by atoms with van der Waals surface area (Å²) in [6, 6.07) is 29.0. The Kier molecular flexibility index (Phi) is 12.9. The van der Waals surface area contributed by atoms with Crippen LogP contribution in [-0.2, 0) is 36.1 Å². The van der Waals surface area contributed by atoms with Crippen molar-refractivity contribution in [2.45, 2.75) is 137 Å². The number of aromatic hydroxyl groups is 1. The van der Waals surface area contributed by atoms with Crippen LogP contribution in [0.1, 0.15) is 134 Å². The highest BCUT2D eigenvalue weighted by Gasteiger charge is 2.48. The lowest BCUT2D eigenvalue weighted by atomic mass is 9.70. The summed E-state index contributed by atoms with van der Waals surface area (Å²) >= 11 is 0. The van der Waals surface area contributed by atoms with Gasteiger partial charge in [0.1, 0.15) is 39.8 Å². The van der Waals surface area contributed by atoms with E-state index in [4.69, 9.17) is 14.2 Å². The molecule has 4 nitrogen and oxygen atoms in total. The molecule has 0 saturated carbocycles. The second-order valence-corrected chi connectivity index (χ2v) is 13.2. The van der Waals surface area contributed by atoms with E-state index in [2.05, 4.69) is 135 Å². The maximum Gasteiger partial charge on any atom is 0.137 e. The van der Waals surface area contributed by atoms with Crippen molar-refractivity contribution in [1.82, 2.24) is 0 Å². The molecule has 0 spiro atoms. The third kappa shape index (κ3) is 7.35. The minimum atomic E-state index is -0.835. The Labute approximate surface area is 296 Å². The molecule has 0 aliphatic heterocycles. The van der Waals surface area contributed by atoms with E-state index in [1.807, 2.05) is 12.1 Å². The summed E-state index contributed by atoms with van der Waals surface area (Å²) in [6.45, 7) is 19.7. The van der Waals surface area contributed by atoms with Gasteiger partial charge < -0.3 is 19.3 Å². The van der Waals surface area contributed by atoms with Crippen molar-refractivity contribution >= 4 is 0 Å². The molecule has 0 unspecified atom stereocenters. The fourth-order valence-electron chi connectivity index (χ4n) is 7.65. The number of ether oxygens (including phenoxy) is 3. The van der Waals surface area contributed by atoms with Crippen LogP contribution in [-0.4, -0.2) is 5.11 Å². The average Bonchev–Trinajstić information content (AvgIpc) is 3.15. The Morgan fingerprint density at radius 3 is 1.08 bits per heavy atom. The highest BCUT2D eigenvalue weighted by Crippen LogP contribution is 2.53. The highest BCUT2D eigenvalue weighted by molar-refractivity contribution is 5.55. The summed E-state index contributed by atoms with van der Waals surface area (Å²) in [5, 5.41) is 12.2. The van der Waals surface area contributed by atoms with Gasteiger partial charge in [-0.25, -0.2) is 0 Å². The van der Waals surface area contributed by atoms with E-state index in [9.17, 15) is 5.11 Å². The lowest BCUT2D eigenvalue weighted by Gasteiger charge is -2.45. The van der Waals surface area contributed by atoms with Crippen molar-refractivity contribution in [2.24, 2.45) is 0 Å². The molecule has 0 saturated heterocycles. The zero-order valence-corrected chi connectivity index (χ0v) is 31.6. The number of para-hydroxylation sites is 3. The van der Waals surface area contributed by atoms with Crippen LogP contribution >= 0.6 is 0 Å². The molecule has 4 aromatic rings. The minimum absolute atomic E-state index is 0.227. The standard InChI is InChI=1S/C45H60O4/c1-10-33-25-19-22-28-38(33)47-43(13-4,14-5)36-31-32-37(46)42(45(17-8,18-9)49-40-30-24-21-27-35(40)12-3)41(36)44(15-6,16-7)48-39-29-23-20-26-34(39)11-2/h19-32,46H,10-18H2,1-9H3. The number of hydrogen-bond acceptors (Lipinski definition) is 4. The molecule has 0 heterocycles. The molecule has 4 heteroatoms. The number of phenolic OH excluding ortho intramolecular Hbond substituents is 1. The Balaban J connectivity index is 2.16. The summed E-state index contributed by atoms with van der Waals surface area (Å²) in [6.07, 6.45) is 6.74. The van der Waals surface area contributed by atoms with Gasteiger partial charge in [-0.05, 0) is 98.7 Å². The quantitative estimate of drug-likeness (QED) is 0.115. The van der Waals surface area contributed by atoms with Gasteiger partial charge in [0.2, 0.25) is 0 Å². The number of benzene rings is 4. The summed E-state index contributed by atoms with van der Waals surface area (Å²) in [5.41, 5.74) is 4.00. The predicted octanol–water partition coefficient (Wildman–Crippen LogP) is 12.4. The highest BCUT2D eigenvalue weighted by atomic mass is 16.5. The van der Waals surface area contributed by atoms with Gasteiger partial charge >= 0.3 is 0 Å². The smallest absolute Gasteiger partial charge is 0.137 e. The Bertz CT molecular complexity index is 1640. The van der Waals surface area contributed by atoms with Crippen molar-refractivity contribution in [3.8, 4) is 23.0 Å². The zero-order valence-electron chi connectivity index (χ0n) is 31.6. The molecule has 0 fully saturated rings. The van der Waals surface area contributed by atoms with Crippen LogP contribution in [0, 0.1) is 0 Å². The molecular formula is C45H60O4. The summed E-state index contributed by atoms with van der Waals surface area (Å²) in [4.78, 5) is 0. The molecule has 0 aliphatic rings. The van der Waals surface area contributed by atoms with Crippen molar-refractivity contribution in [3.63, 3.8) is 0 Å². The molecule has 0 atom stereocenters. The van der Waals surface area contributed by atoms with Crippen LogP contribution in [0.2, 0.25) is 0 Å². The van der Waals surface area contributed by atoms with Gasteiger partial charge in [0.05, 0.1) is 0 Å². The summed E-state index contributed by atoms with van der Waals surface area (Å²) in [7, 11) is 0. The van der Waals surface area contributed by atoms with Crippen LogP contribution in [0.15, 0.2) is 84.9 Å². The van der Waals surface area contributed by atoms with E-state index < -0.39 is 16.8 Å². The van der Waals surface area contributed by atoms with Crippen LogP contribution in [0.5, 0.6) is 23.0 Å². The largest absolute Gasteiger partial charge is 0.508 e. The normalized spacial score (nSPS) is 12.2. The van der Waals surface area contributed by atoms with Gasteiger partial charge in [-0.2, -0.15) is 0 Å². The van der Waals surface area contributed by atoms with Gasteiger partial charge in [-0.15, -0.1) is 0 Å². The molecule has 4 rings (SSSR count). The number of rotatable bonds is 18. The topological polar surface area (TPSA) is 47.9 Å². The van der Waals surface area contributed by atoms with E-state index in [0.717, 1.165) is 77.2 Å². The van der Waals surface area contributed by atoms with Crippen LogP contribution in [0.25, 0.3) is 0 Å². The molecule has 4 aromatic carbocycles. The summed E-state index contributed by atoms with van der Waals surface area (Å²) in [5.74, 6) is 2.85. The van der Waals surface area contributed by atoms with Gasteiger partial charge in [0.25, 0.3) is 0 Å². The van der Waals surface area contributed by atoms with E-state index in [0.29, 0.717) is 25.7 Å². The second-order valence-electron chi connectivity index (χ2n) is 13.2. The molecule has 264 valence electrons. The fourth-order valence-corrected chi connectivity index (χ4v) is 7.65. The monoisotopic (exact) mass is 664 g/mol. The van der Waals surface area contributed by atoms with E-state index >= 15 is 0 Å². The van der Waals surface area contributed by atoms with Gasteiger partial charge in [-0.3, -0.25) is 0 Å². The van der Waals surface area contributed by atoms with Crippen molar-refractivity contribution in [2.75, 3.05) is 0 Å². The van der Waals surface area contributed by atoms with Crippen molar-refractivity contribution in [3.05, 3.63) is 118 Å². The SMILES string of the molecule is CCc1ccccc1OC(CC)(CC)c1ccc(O)c(C(CC)(CC)Oc2ccccc2CC)c1C(CC)(CC)Oc1ccccc1CC. The predicted molar refractivity (Wildman–Crippen MR) is 204 cm³/mol. The first-order chi connectivity index (χ1) is 23.7. The van der Waals surface area contributed by atoms with E-state index in [1.165, 1.54) is 5.56 Å². The molecule has 0 radical (unpaired) electrons.